The quantitative estimate of drug-likeness (QED) is 0.498. The van der Waals surface area contributed by atoms with Gasteiger partial charge in [0.2, 0.25) is 5.95 Å². The average Bonchev–Trinajstić information content (AvgIpc) is 3.19. The van der Waals surface area contributed by atoms with Crippen molar-refractivity contribution in [2.75, 3.05) is 35.6 Å². The van der Waals surface area contributed by atoms with Crippen LogP contribution >= 0.6 is 0 Å². The number of nitrogens with two attached hydrogens (primary N) is 1. The standard InChI is InChI=1S/C22H25F3N6/c1-2-8-27-16-7-9-31(13-16)20-18-5-3-4-6-19(18)29-21(30-20)28-17-11-14(22(23,24)25)10-15(26)12-17/h3-6,10-12,16,27H,2,7-9,13,26H2,1H3,(H,28,29,30)/t16-/m0/s1. The molecule has 0 bridgehead atoms. The molecule has 2 aromatic carbocycles. The van der Waals surface area contributed by atoms with E-state index in [2.05, 4.69) is 32.4 Å². The van der Waals surface area contributed by atoms with E-state index >= 15 is 0 Å². The van der Waals surface area contributed by atoms with Crippen molar-refractivity contribution in [3.05, 3.63) is 48.0 Å². The Kier molecular flexibility index (Phi) is 5.86. The fourth-order valence-corrected chi connectivity index (χ4v) is 3.84. The number of nitrogens with zero attached hydrogens (tertiary/aromatic N) is 3. The number of hydrogen-bond acceptors (Lipinski definition) is 6. The molecule has 31 heavy (non-hydrogen) atoms. The lowest BCUT2D eigenvalue weighted by Gasteiger charge is -2.21. The lowest BCUT2D eigenvalue weighted by atomic mass is 10.1. The predicted octanol–water partition coefficient (Wildman–Crippen LogP) is 4.55. The summed E-state index contributed by atoms with van der Waals surface area (Å²) in [5, 5.41) is 7.36. The van der Waals surface area contributed by atoms with Crippen LogP contribution < -0.4 is 21.3 Å². The molecule has 1 saturated heterocycles. The molecule has 164 valence electrons. The van der Waals surface area contributed by atoms with Gasteiger partial charge in [0.25, 0.3) is 0 Å². The molecule has 2 heterocycles. The summed E-state index contributed by atoms with van der Waals surface area (Å²) in [5.74, 6) is 1.01. The molecule has 6 nitrogen and oxygen atoms in total. The number of fused-ring (bicyclic) bond motifs is 1. The maximum absolute atomic E-state index is 13.2. The Morgan fingerprint density at radius 3 is 2.74 bits per heavy atom. The smallest absolute Gasteiger partial charge is 0.399 e. The van der Waals surface area contributed by atoms with Gasteiger partial charge in [0, 0.05) is 35.9 Å². The summed E-state index contributed by atoms with van der Waals surface area (Å²) in [6, 6.07) is 11.4. The third kappa shape index (κ3) is 4.82. The van der Waals surface area contributed by atoms with Gasteiger partial charge in [0.15, 0.2) is 0 Å². The number of anilines is 4. The zero-order chi connectivity index (χ0) is 22.0. The van der Waals surface area contributed by atoms with Crippen LogP contribution in [-0.2, 0) is 6.18 Å². The van der Waals surface area contributed by atoms with E-state index in [-0.39, 0.29) is 17.3 Å². The van der Waals surface area contributed by atoms with Gasteiger partial charge in [0.05, 0.1) is 11.1 Å². The number of para-hydroxylation sites is 1. The van der Waals surface area contributed by atoms with Crippen LogP contribution in [0.4, 0.5) is 36.3 Å². The summed E-state index contributed by atoms with van der Waals surface area (Å²) in [6.45, 7) is 4.76. The number of alkyl halides is 3. The molecule has 0 radical (unpaired) electrons. The molecule has 3 aromatic rings. The van der Waals surface area contributed by atoms with Gasteiger partial charge < -0.3 is 21.3 Å². The minimum Gasteiger partial charge on any atom is -0.399 e. The number of rotatable bonds is 6. The summed E-state index contributed by atoms with van der Waals surface area (Å²) in [7, 11) is 0. The molecular formula is C22H25F3N6. The average molecular weight is 430 g/mol. The van der Waals surface area contributed by atoms with E-state index in [4.69, 9.17) is 5.73 Å². The first-order chi connectivity index (χ1) is 14.8. The van der Waals surface area contributed by atoms with Crippen molar-refractivity contribution < 1.29 is 13.2 Å². The number of hydrogen-bond donors (Lipinski definition) is 3. The fraction of sp³-hybridized carbons (Fsp3) is 0.364. The lowest BCUT2D eigenvalue weighted by Crippen LogP contribution is -2.33. The second-order valence-corrected chi connectivity index (χ2v) is 7.74. The molecule has 1 aromatic heterocycles. The van der Waals surface area contributed by atoms with E-state index < -0.39 is 11.7 Å². The first-order valence-corrected chi connectivity index (χ1v) is 10.3. The van der Waals surface area contributed by atoms with Gasteiger partial charge in [-0.25, -0.2) is 4.98 Å². The molecule has 4 N–H and O–H groups in total. The van der Waals surface area contributed by atoms with Crippen molar-refractivity contribution >= 4 is 34.0 Å². The van der Waals surface area contributed by atoms with Crippen LogP contribution in [0.2, 0.25) is 0 Å². The van der Waals surface area contributed by atoms with Crippen molar-refractivity contribution in [3.8, 4) is 0 Å². The molecule has 0 amide bonds. The van der Waals surface area contributed by atoms with Crippen LogP contribution in [0.25, 0.3) is 10.9 Å². The molecule has 4 rings (SSSR count). The third-order valence-corrected chi connectivity index (χ3v) is 5.29. The number of nitrogens with one attached hydrogen (secondary N) is 2. The second kappa shape index (κ2) is 8.58. The van der Waals surface area contributed by atoms with Crippen molar-refractivity contribution in [3.63, 3.8) is 0 Å². The summed E-state index contributed by atoms with van der Waals surface area (Å²) >= 11 is 0. The molecule has 0 spiro atoms. The van der Waals surface area contributed by atoms with E-state index in [1.165, 1.54) is 6.07 Å². The van der Waals surface area contributed by atoms with Crippen LogP contribution in [0, 0.1) is 0 Å². The van der Waals surface area contributed by atoms with E-state index in [1.807, 2.05) is 24.3 Å². The van der Waals surface area contributed by atoms with Gasteiger partial charge in [-0.1, -0.05) is 19.1 Å². The first-order valence-electron chi connectivity index (χ1n) is 10.3. The van der Waals surface area contributed by atoms with Gasteiger partial charge in [-0.15, -0.1) is 0 Å². The minimum atomic E-state index is -4.49. The SMILES string of the molecule is CCCN[C@H]1CCN(c2nc(Nc3cc(N)cc(C(F)(F)F)c3)nc3ccccc23)C1. The number of benzene rings is 2. The molecule has 1 atom stereocenters. The maximum atomic E-state index is 13.2. The zero-order valence-electron chi connectivity index (χ0n) is 17.2. The van der Waals surface area contributed by atoms with E-state index in [0.29, 0.717) is 6.04 Å². The van der Waals surface area contributed by atoms with Gasteiger partial charge in [0.1, 0.15) is 5.82 Å². The normalized spacial score (nSPS) is 16.8. The highest BCUT2D eigenvalue weighted by Gasteiger charge is 2.31. The summed E-state index contributed by atoms with van der Waals surface area (Å²) < 4.78 is 39.5. The molecule has 1 aliphatic rings. The zero-order valence-corrected chi connectivity index (χ0v) is 17.2. The Hall–Kier alpha value is -3.07. The highest BCUT2D eigenvalue weighted by molar-refractivity contribution is 5.91. The molecule has 1 aliphatic heterocycles. The number of aromatic nitrogens is 2. The van der Waals surface area contributed by atoms with Crippen LogP contribution in [0.5, 0.6) is 0 Å². The molecule has 1 fully saturated rings. The van der Waals surface area contributed by atoms with Crippen LogP contribution in [0.3, 0.4) is 0 Å². The van der Waals surface area contributed by atoms with Crippen molar-refractivity contribution in [1.82, 2.24) is 15.3 Å². The molecular weight excluding hydrogens is 405 g/mol. The van der Waals surface area contributed by atoms with Crippen LogP contribution in [0.1, 0.15) is 25.3 Å². The highest BCUT2D eigenvalue weighted by atomic mass is 19.4. The Labute approximate surface area is 178 Å². The van der Waals surface area contributed by atoms with Gasteiger partial charge >= 0.3 is 6.18 Å². The van der Waals surface area contributed by atoms with E-state index in [0.717, 1.165) is 61.3 Å². The summed E-state index contributed by atoms with van der Waals surface area (Å²) in [6.07, 6.45) is -2.41. The Balaban J connectivity index is 1.67. The fourth-order valence-electron chi connectivity index (χ4n) is 3.84. The minimum absolute atomic E-state index is 0.0164. The van der Waals surface area contributed by atoms with E-state index in [1.54, 1.807) is 0 Å². The topological polar surface area (TPSA) is 79.1 Å². The third-order valence-electron chi connectivity index (χ3n) is 5.29. The largest absolute Gasteiger partial charge is 0.416 e. The molecule has 9 heteroatoms. The Bertz CT molecular complexity index is 1070. The monoisotopic (exact) mass is 430 g/mol. The van der Waals surface area contributed by atoms with Crippen molar-refractivity contribution in [1.29, 1.82) is 0 Å². The number of nitrogen functional groups attached to an aromatic ring is 1. The van der Waals surface area contributed by atoms with Gasteiger partial charge in [-0.3, -0.25) is 0 Å². The Morgan fingerprint density at radius 1 is 1.16 bits per heavy atom. The van der Waals surface area contributed by atoms with Crippen LogP contribution in [-0.4, -0.2) is 35.6 Å². The predicted molar refractivity (Wildman–Crippen MR) is 118 cm³/mol. The summed E-state index contributed by atoms with van der Waals surface area (Å²) in [5.41, 5.74) is 5.80. The maximum Gasteiger partial charge on any atom is 0.416 e. The first kappa shape index (κ1) is 21.2. The van der Waals surface area contributed by atoms with Crippen LogP contribution in [0.15, 0.2) is 42.5 Å². The molecule has 0 unspecified atom stereocenters. The van der Waals surface area contributed by atoms with Crippen molar-refractivity contribution in [2.24, 2.45) is 0 Å². The van der Waals surface area contributed by atoms with E-state index in [9.17, 15) is 13.2 Å². The van der Waals surface area contributed by atoms with Crippen molar-refractivity contribution in [2.45, 2.75) is 32.0 Å². The van der Waals surface area contributed by atoms with Gasteiger partial charge in [-0.05, 0) is 49.7 Å². The Morgan fingerprint density at radius 2 is 1.97 bits per heavy atom. The molecule has 0 saturated carbocycles. The number of halogens is 3. The van der Waals surface area contributed by atoms with Gasteiger partial charge in [-0.2, -0.15) is 18.2 Å². The highest BCUT2D eigenvalue weighted by Crippen LogP contribution is 2.34. The lowest BCUT2D eigenvalue weighted by molar-refractivity contribution is -0.137. The molecule has 0 aliphatic carbocycles. The summed E-state index contributed by atoms with van der Waals surface area (Å²) in [4.78, 5) is 11.4. The second-order valence-electron chi connectivity index (χ2n) is 7.74.